The quantitative estimate of drug-likeness (QED) is 0.726. The van der Waals surface area contributed by atoms with E-state index < -0.39 is 5.91 Å². The van der Waals surface area contributed by atoms with Crippen molar-refractivity contribution in [3.8, 4) is 0 Å². The summed E-state index contributed by atoms with van der Waals surface area (Å²) in [5, 5.41) is 8.27. The standard InChI is InChI=1S/C19H20ClN3O3/c1-12(2)18(25)23-14-9-7-13(8-10-14)22-17(24)11-21-19(26)15-5-3-4-6-16(15)20/h3-10,12H,11H2,1-2H3,(H,21,26)(H,22,24)(H,23,25). The molecule has 7 heteroatoms. The lowest BCUT2D eigenvalue weighted by molar-refractivity contribution is -0.119. The summed E-state index contributed by atoms with van der Waals surface area (Å²) in [4.78, 5) is 35.6. The highest BCUT2D eigenvalue weighted by Crippen LogP contribution is 2.15. The van der Waals surface area contributed by atoms with E-state index >= 15 is 0 Å². The van der Waals surface area contributed by atoms with Crippen molar-refractivity contribution in [3.05, 3.63) is 59.1 Å². The second-order valence-corrected chi connectivity index (χ2v) is 6.34. The van der Waals surface area contributed by atoms with Gasteiger partial charge in [0.25, 0.3) is 5.91 Å². The molecule has 3 N–H and O–H groups in total. The Balaban J connectivity index is 1.85. The molecule has 0 bridgehead atoms. The van der Waals surface area contributed by atoms with Gasteiger partial charge in [0.05, 0.1) is 17.1 Å². The number of hydrogen-bond acceptors (Lipinski definition) is 3. The molecule has 2 aromatic carbocycles. The molecule has 0 unspecified atom stereocenters. The molecule has 136 valence electrons. The average Bonchev–Trinajstić information content (AvgIpc) is 2.61. The Morgan fingerprint density at radius 2 is 1.50 bits per heavy atom. The molecular weight excluding hydrogens is 354 g/mol. The molecule has 0 fully saturated rings. The molecule has 6 nitrogen and oxygen atoms in total. The van der Waals surface area contributed by atoms with Crippen LogP contribution in [0.5, 0.6) is 0 Å². The van der Waals surface area contributed by atoms with E-state index in [9.17, 15) is 14.4 Å². The average molecular weight is 374 g/mol. The molecule has 2 rings (SSSR count). The van der Waals surface area contributed by atoms with Gasteiger partial charge in [0, 0.05) is 17.3 Å². The van der Waals surface area contributed by atoms with Gasteiger partial charge in [0.15, 0.2) is 0 Å². The van der Waals surface area contributed by atoms with Gasteiger partial charge in [-0.15, -0.1) is 0 Å². The van der Waals surface area contributed by atoms with Crippen LogP contribution in [0.4, 0.5) is 11.4 Å². The van der Waals surface area contributed by atoms with Gasteiger partial charge in [-0.1, -0.05) is 37.6 Å². The molecule has 0 aliphatic rings. The van der Waals surface area contributed by atoms with Gasteiger partial charge in [0.1, 0.15) is 0 Å². The molecule has 2 aromatic rings. The van der Waals surface area contributed by atoms with Crippen LogP contribution >= 0.6 is 11.6 Å². The highest BCUT2D eigenvalue weighted by Gasteiger charge is 2.11. The van der Waals surface area contributed by atoms with E-state index in [1.165, 1.54) is 0 Å². The summed E-state index contributed by atoms with van der Waals surface area (Å²) in [6.45, 7) is 3.43. The molecule has 0 aromatic heterocycles. The van der Waals surface area contributed by atoms with Crippen LogP contribution < -0.4 is 16.0 Å². The van der Waals surface area contributed by atoms with Crippen LogP contribution in [-0.4, -0.2) is 24.3 Å². The van der Waals surface area contributed by atoms with Gasteiger partial charge in [-0.25, -0.2) is 0 Å². The van der Waals surface area contributed by atoms with Gasteiger partial charge >= 0.3 is 0 Å². The zero-order chi connectivity index (χ0) is 19.1. The Bertz CT molecular complexity index is 804. The minimum atomic E-state index is -0.419. The first-order chi connectivity index (χ1) is 12.4. The first-order valence-electron chi connectivity index (χ1n) is 8.10. The van der Waals surface area contributed by atoms with Crippen molar-refractivity contribution in [2.45, 2.75) is 13.8 Å². The maximum absolute atomic E-state index is 12.0. The van der Waals surface area contributed by atoms with Crippen LogP contribution in [-0.2, 0) is 9.59 Å². The van der Waals surface area contributed by atoms with Crippen molar-refractivity contribution in [1.29, 1.82) is 0 Å². The van der Waals surface area contributed by atoms with Crippen molar-refractivity contribution in [1.82, 2.24) is 5.32 Å². The minimum absolute atomic E-state index is 0.0796. The summed E-state index contributed by atoms with van der Waals surface area (Å²) < 4.78 is 0. The number of carbonyl (C=O) groups excluding carboxylic acids is 3. The number of anilines is 2. The lowest BCUT2D eigenvalue weighted by Crippen LogP contribution is -2.33. The fraction of sp³-hybridized carbons (Fsp3) is 0.211. The van der Waals surface area contributed by atoms with E-state index in [0.29, 0.717) is 22.0 Å². The Kier molecular flexibility index (Phi) is 6.74. The second-order valence-electron chi connectivity index (χ2n) is 5.93. The Morgan fingerprint density at radius 3 is 2.08 bits per heavy atom. The molecule has 0 aliphatic heterocycles. The maximum Gasteiger partial charge on any atom is 0.253 e. The van der Waals surface area contributed by atoms with E-state index in [4.69, 9.17) is 11.6 Å². The Labute approximate surface area is 156 Å². The summed E-state index contributed by atoms with van der Waals surface area (Å²) in [5.41, 5.74) is 1.52. The van der Waals surface area contributed by atoms with Crippen LogP contribution in [0, 0.1) is 5.92 Å². The molecule has 0 radical (unpaired) electrons. The van der Waals surface area contributed by atoms with Crippen LogP contribution in [0.3, 0.4) is 0 Å². The van der Waals surface area contributed by atoms with Crippen molar-refractivity contribution in [3.63, 3.8) is 0 Å². The van der Waals surface area contributed by atoms with Gasteiger partial charge in [0.2, 0.25) is 11.8 Å². The second kappa shape index (κ2) is 9.01. The van der Waals surface area contributed by atoms with Gasteiger partial charge in [-0.3, -0.25) is 14.4 Å². The predicted molar refractivity (Wildman–Crippen MR) is 102 cm³/mol. The van der Waals surface area contributed by atoms with E-state index in [1.807, 2.05) is 0 Å². The van der Waals surface area contributed by atoms with Crippen molar-refractivity contribution < 1.29 is 14.4 Å². The molecule has 0 heterocycles. The SMILES string of the molecule is CC(C)C(=O)Nc1ccc(NC(=O)CNC(=O)c2ccccc2Cl)cc1. The lowest BCUT2D eigenvalue weighted by Gasteiger charge is -2.10. The molecule has 26 heavy (non-hydrogen) atoms. The number of benzene rings is 2. The van der Waals surface area contributed by atoms with Crippen molar-refractivity contribution in [2.24, 2.45) is 5.92 Å². The largest absolute Gasteiger partial charge is 0.343 e. The fourth-order valence-electron chi connectivity index (χ4n) is 2.03. The summed E-state index contributed by atoms with van der Waals surface area (Å²) in [5.74, 6) is -0.984. The number of rotatable bonds is 6. The van der Waals surface area contributed by atoms with E-state index in [2.05, 4.69) is 16.0 Å². The zero-order valence-corrected chi connectivity index (χ0v) is 15.3. The van der Waals surface area contributed by atoms with Gasteiger partial charge < -0.3 is 16.0 Å². The number of carbonyl (C=O) groups is 3. The monoisotopic (exact) mass is 373 g/mol. The van der Waals surface area contributed by atoms with E-state index in [1.54, 1.807) is 62.4 Å². The summed E-state index contributed by atoms with van der Waals surface area (Å²) in [6.07, 6.45) is 0. The highest BCUT2D eigenvalue weighted by molar-refractivity contribution is 6.33. The molecule has 0 spiro atoms. The fourth-order valence-corrected chi connectivity index (χ4v) is 2.25. The number of halogens is 1. The normalized spacial score (nSPS) is 10.3. The van der Waals surface area contributed by atoms with Gasteiger partial charge in [-0.05, 0) is 36.4 Å². The summed E-state index contributed by atoms with van der Waals surface area (Å²) in [6, 6.07) is 13.3. The summed E-state index contributed by atoms with van der Waals surface area (Å²) in [7, 11) is 0. The first-order valence-corrected chi connectivity index (χ1v) is 8.48. The zero-order valence-electron chi connectivity index (χ0n) is 14.5. The molecular formula is C19H20ClN3O3. The third kappa shape index (κ3) is 5.60. The van der Waals surface area contributed by atoms with Crippen LogP contribution in [0.15, 0.2) is 48.5 Å². The van der Waals surface area contributed by atoms with Crippen molar-refractivity contribution in [2.75, 3.05) is 17.2 Å². The molecule has 3 amide bonds. The van der Waals surface area contributed by atoms with E-state index in [0.717, 1.165) is 0 Å². The predicted octanol–water partition coefficient (Wildman–Crippen LogP) is 3.30. The topological polar surface area (TPSA) is 87.3 Å². The highest BCUT2D eigenvalue weighted by atomic mass is 35.5. The summed E-state index contributed by atoms with van der Waals surface area (Å²) >= 11 is 5.94. The molecule has 0 saturated carbocycles. The smallest absolute Gasteiger partial charge is 0.253 e. The van der Waals surface area contributed by atoms with Crippen LogP contribution in [0.25, 0.3) is 0 Å². The van der Waals surface area contributed by atoms with E-state index in [-0.39, 0.29) is 24.3 Å². The third-order valence-corrected chi connectivity index (χ3v) is 3.82. The minimum Gasteiger partial charge on any atom is -0.343 e. The number of hydrogen-bond donors (Lipinski definition) is 3. The Hall–Kier alpha value is -2.86. The number of nitrogens with one attached hydrogen (secondary N) is 3. The van der Waals surface area contributed by atoms with Crippen molar-refractivity contribution >= 4 is 40.7 Å². The first kappa shape index (κ1) is 19.5. The lowest BCUT2D eigenvalue weighted by atomic mass is 10.2. The van der Waals surface area contributed by atoms with Crippen LogP contribution in [0.2, 0.25) is 5.02 Å². The van der Waals surface area contributed by atoms with Crippen LogP contribution in [0.1, 0.15) is 24.2 Å². The molecule has 0 saturated heterocycles. The third-order valence-electron chi connectivity index (χ3n) is 3.49. The molecule has 0 aliphatic carbocycles. The number of amides is 3. The maximum atomic E-state index is 12.0. The Morgan fingerprint density at radius 1 is 0.923 bits per heavy atom. The molecule has 0 atom stereocenters. The van der Waals surface area contributed by atoms with Gasteiger partial charge in [-0.2, -0.15) is 0 Å².